The van der Waals surface area contributed by atoms with E-state index in [1.54, 1.807) is 24.5 Å². The first kappa shape index (κ1) is 17.8. The summed E-state index contributed by atoms with van der Waals surface area (Å²) in [5, 5.41) is 3.63. The van der Waals surface area contributed by atoms with Crippen LogP contribution in [-0.2, 0) is 6.18 Å². The minimum atomic E-state index is -4.38. The summed E-state index contributed by atoms with van der Waals surface area (Å²) in [5.41, 5.74) is 1.97. The van der Waals surface area contributed by atoms with Gasteiger partial charge in [-0.1, -0.05) is 6.07 Å². The standard InChI is InChI=1S/C21H14F3N3O/c22-21(23,24)14-4-6-15(7-5-14)27-20-16(2-1-10-26-20)13-3-8-17-18(12-13)25-11-9-19(17)28/h1-12H,(H,25,28)(H,26,27). The number of pyridine rings is 2. The van der Waals surface area contributed by atoms with Crippen molar-refractivity contribution in [1.29, 1.82) is 0 Å². The lowest BCUT2D eigenvalue weighted by Crippen LogP contribution is -2.04. The Balaban J connectivity index is 1.70. The number of H-pyrrole nitrogens is 1. The molecule has 0 atom stereocenters. The number of aromatic nitrogens is 2. The SMILES string of the molecule is O=c1cc[nH]c2cc(-c3cccnc3Nc3ccc(C(F)(F)F)cc3)ccc12. The maximum Gasteiger partial charge on any atom is 0.416 e. The molecule has 0 spiro atoms. The molecular weight excluding hydrogens is 367 g/mol. The van der Waals surface area contributed by atoms with Crippen LogP contribution in [0, 0.1) is 0 Å². The maximum atomic E-state index is 12.7. The molecule has 2 heterocycles. The molecular formula is C21H14F3N3O. The van der Waals surface area contributed by atoms with E-state index < -0.39 is 11.7 Å². The highest BCUT2D eigenvalue weighted by Crippen LogP contribution is 2.32. The summed E-state index contributed by atoms with van der Waals surface area (Å²) < 4.78 is 38.2. The van der Waals surface area contributed by atoms with Crippen LogP contribution in [0.4, 0.5) is 24.7 Å². The van der Waals surface area contributed by atoms with Gasteiger partial charge in [0, 0.05) is 40.6 Å². The van der Waals surface area contributed by atoms with Crippen molar-refractivity contribution in [3.63, 3.8) is 0 Å². The lowest BCUT2D eigenvalue weighted by Gasteiger charge is -2.13. The zero-order valence-corrected chi connectivity index (χ0v) is 14.4. The number of fused-ring (bicyclic) bond motifs is 1. The molecule has 28 heavy (non-hydrogen) atoms. The minimum absolute atomic E-state index is 0.0745. The zero-order valence-electron chi connectivity index (χ0n) is 14.4. The number of halogens is 3. The number of anilines is 2. The van der Waals surface area contributed by atoms with E-state index in [2.05, 4.69) is 15.3 Å². The van der Waals surface area contributed by atoms with E-state index in [1.807, 2.05) is 18.2 Å². The van der Waals surface area contributed by atoms with Gasteiger partial charge in [-0.25, -0.2) is 4.98 Å². The molecule has 0 saturated heterocycles. The van der Waals surface area contributed by atoms with Crippen LogP contribution in [0.5, 0.6) is 0 Å². The van der Waals surface area contributed by atoms with Crippen LogP contribution >= 0.6 is 0 Å². The van der Waals surface area contributed by atoms with E-state index in [1.165, 1.54) is 18.2 Å². The molecule has 7 heteroatoms. The number of alkyl halides is 3. The van der Waals surface area contributed by atoms with Gasteiger partial charge in [-0.05, 0) is 54.1 Å². The summed E-state index contributed by atoms with van der Waals surface area (Å²) in [6.07, 6.45) is -1.20. The highest BCUT2D eigenvalue weighted by Gasteiger charge is 2.29. The van der Waals surface area contributed by atoms with Gasteiger partial charge in [0.1, 0.15) is 5.82 Å². The average molecular weight is 381 g/mol. The van der Waals surface area contributed by atoms with Crippen molar-refractivity contribution < 1.29 is 13.2 Å². The number of benzene rings is 2. The quantitative estimate of drug-likeness (QED) is 0.503. The normalized spacial score (nSPS) is 11.5. The van der Waals surface area contributed by atoms with Gasteiger partial charge in [-0.2, -0.15) is 13.2 Å². The van der Waals surface area contributed by atoms with Gasteiger partial charge in [0.25, 0.3) is 0 Å². The van der Waals surface area contributed by atoms with Crippen LogP contribution < -0.4 is 10.7 Å². The number of aromatic amines is 1. The largest absolute Gasteiger partial charge is 0.416 e. The van der Waals surface area contributed by atoms with Gasteiger partial charge in [-0.3, -0.25) is 4.79 Å². The smallest absolute Gasteiger partial charge is 0.361 e. The van der Waals surface area contributed by atoms with Crippen LogP contribution in [0.2, 0.25) is 0 Å². The summed E-state index contributed by atoms with van der Waals surface area (Å²) in [6, 6.07) is 15.2. The fraction of sp³-hybridized carbons (Fsp3) is 0.0476. The molecule has 2 aromatic carbocycles. The summed E-state index contributed by atoms with van der Waals surface area (Å²) in [4.78, 5) is 19.3. The third-order valence-electron chi connectivity index (χ3n) is 4.35. The van der Waals surface area contributed by atoms with Gasteiger partial charge in [-0.15, -0.1) is 0 Å². The van der Waals surface area contributed by atoms with Crippen LogP contribution in [0.25, 0.3) is 22.0 Å². The van der Waals surface area contributed by atoms with Gasteiger partial charge in [0.15, 0.2) is 5.43 Å². The lowest BCUT2D eigenvalue weighted by molar-refractivity contribution is -0.137. The number of rotatable bonds is 3. The molecule has 0 aliphatic heterocycles. The molecule has 0 radical (unpaired) electrons. The molecule has 4 nitrogen and oxygen atoms in total. The van der Waals surface area contributed by atoms with Crippen LogP contribution in [-0.4, -0.2) is 9.97 Å². The summed E-state index contributed by atoms with van der Waals surface area (Å²) in [5.74, 6) is 0.500. The molecule has 0 fully saturated rings. The van der Waals surface area contributed by atoms with Crippen molar-refractivity contribution in [3.05, 3.63) is 88.8 Å². The summed E-state index contributed by atoms with van der Waals surface area (Å²) in [6.45, 7) is 0. The Bertz CT molecular complexity index is 1200. The maximum absolute atomic E-state index is 12.7. The predicted octanol–water partition coefficient (Wildman–Crippen LogP) is 5.35. The predicted molar refractivity (Wildman–Crippen MR) is 103 cm³/mol. The molecule has 4 aromatic rings. The highest BCUT2D eigenvalue weighted by molar-refractivity contribution is 5.87. The van der Waals surface area contributed by atoms with Crippen molar-refractivity contribution >= 4 is 22.4 Å². The molecule has 140 valence electrons. The summed E-state index contributed by atoms with van der Waals surface area (Å²) >= 11 is 0. The Hall–Kier alpha value is -3.61. The van der Waals surface area contributed by atoms with Crippen molar-refractivity contribution in [2.75, 3.05) is 5.32 Å². The van der Waals surface area contributed by atoms with E-state index in [9.17, 15) is 18.0 Å². The van der Waals surface area contributed by atoms with E-state index in [-0.39, 0.29) is 5.43 Å². The van der Waals surface area contributed by atoms with Gasteiger partial charge >= 0.3 is 6.18 Å². The summed E-state index contributed by atoms with van der Waals surface area (Å²) in [7, 11) is 0. The van der Waals surface area contributed by atoms with Gasteiger partial charge in [0.2, 0.25) is 0 Å². The van der Waals surface area contributed by atoms with Crippen molar-refractivity contribution in [2.45, 2.75) is 6.18 Å². The lowest BCUT2D eigenvalue weighted by atomic mass is 10.0. The van der Waals surface area contributed by atoms with Crippen molar-refractivity contribution in [3.8, 4) is 11.1 Å². The van der Waals surface area contributed by atoms with Crippen LogP contribution in [0.3, 0.4) is 0 Å². The minimum Gasteiger partial charge on any atom is -0.361 e. The second kappa shape index (κ2) is 6.84. The molecule has 0 bridgehead atoms. The second-order valence-corrected chi connectivity index (χ2v) is 6.20. The molecule has 0 unspecified atom stereocenters. The first-order chi connectivity index (χ1) is 13.4. The molecule has 2 N–H and O–H groups in total. The molecule has 4 rings (SSSR count). The van der Waals surface area contributed by atoms with Crippen molar-refractivity contribution in [1.82, 2.24) is 9.97 Å². The Morgan fingerprint density at radius 2 is 1.75 bits per heavy atom. The third-order valence-corrected chi connectivity index (χ3v) is 4.35. The highest BCUT2D eigenvalue weighted by atomic mass is 19.4. The number of nitrogens with one attached hydrogen (secondary N) is 2. The fourth-order valence-corrected chi connectivity index (χ4v) is 2.96. The Morgan fingerprint density at radius 3 is 2.50 bits per heavy atom. The fourth-order valence-electron chi connectivity index (χ4n) is 2.96. The van der Waals surface area contributed by atoms with E-state index in [0.717, 1.165) is 23.3 Å². The van der Waals surface area contributed by atoms with E-state index in [0.29, 0.717) is 22.4 Å². The average Bonchev–Trinajstić information content (AvgIpc) is 2.68. The van der Waals surface area contributed by atoms with Crippen LogP contribution in [0.1, 0.15) is 5.56 Å². The number of hydrogen-bond donors (Lipinski definition) is 2. The molecule has 2 aromatic heterocycles. The Labute approximate surface area is 157 Å². The third kappa shape index (κ3) is 3.46. The first-order valence-electron chi connectivity index (χ1n) is 8.43. The van der Waals surface area contributed by atoms with E-state index >= 15 is 0 Å². The first-order valence-corrected chi connectivity index (χ1v) is 8.43. The molecule has 0 aliphatic carbocycles. The van der Waals surface area contributed by atoms with Gasteiger partial charge < -0.3 is 10.3 Å². The molecule has 0 amide bonds. The van der Waals surface area contributed by atoms with E-state index in [4.69, 9.17) is 0 Å². The Kier molecular flexibility index (Phi) is 4.35. The topological polar surface area (TPSA) is 57.8 Å². The van der Waals surface area contributed by atoms with Crippen molar-refractivity contribution in [2.24, 2.45) is 0 Å². The zero-order chi connectivity index (χ0) is 19.7. The number of hydrogen-bond acceptors (Lipinski definition) is 3. The second-order valence-electron chi connectivity index (χ2n) is 6.20. The molecule has 0 aliphatic rings. The van der Waals surface area contributed by atoms with Gasteiger partial charge in [0.05, 0.1) is 5.56 Å². The van der Waals surface area contributed by atoms with Crippen LogP contribution in [0.15, 0.2) is 77.9 Å². The Morgan fingerprint density at radius 1 is 0.964 bits per heavy atom. The monoisotopic (exact) mass is 381 g/mol. The number of nitrogens with zero attached hydrogens (tertiary/aromatic N) is 1. The molecule has 0 saturated carbocycles.